The van der Waals surface area contributed by atoms with Crippen LogP contribution in [0.2, 0.25) is 0 Å². The highest BCUT2D eigenvalue weighted by Gasteiger charge is 2.70. The molecule has 44 heavy (non-hydrogen) atoms. The van der Waals surface area contributed by atoms with E-state index in [-0.39, 0.29) is 39.7 Å². The second-order valence-electron chi connectivity index (χ2n) is 17.1. The SMILES string of the molecule is COC(=O)NC(=O)NC12CCCC1C1CCC3C4(C)CCC(OC(=O)CC(C)(C)C(=O)O)C(C)(C)C4CCC3(C)[C@]1(C)CC2. The first kappa shape index (κ1) is 33.1. The highest BCUT2D eigenvalue weighted by molar-refractivity contribution is 5.91. The summed E-state index contributed by atoms with van der Waals surface area (Å²) in [4.78, 5) is 49.1. The second-order valence-corrected chi connectivity index (χ2v) is 17.1. The van der Waals surface area contributed by atoms with E-state index in [0.717, 1.165) is 70.6 Å². The van der Waals surface area contributed by atoms with Crippen LogP contribution >= 0.6 is 0 Å². The zero-order chi connectivity index (χ0) is 32.5. The number of hydrogen-bond acceptors (Lipinski definition) is 6. The van der Waals surface area contributed by atoms with Crippen LogP contribution in [-0.4, -0.2) is 47.9 Å². The summed E-state index contributed by atoms with van der Waals surface area (Å²) >= 11 is 0. The van der Waals surface area contributed by atoms with Crippen molar-refractivity contribution in [3.63, 3.8) is 0 Å². The first-order chi connectivity index (χ1) is 20.4. The minimum atomic E-state index is -1.15. The zero-order valence-corrected chi connectivity index (χ0v) is 28.3. The smallest absolute Gasteiger partial charge is 0.415 e. The summed E-state index contributed by atoms with van der Waals surface area (Å²) in [6.07, 6.45) is 10.4. The van der Waals surface area contributed by atoms with Crippen LogP contribution in [0.15, 0.2) is 0 Å². The third-order valence-corrected chi connectivity index (χ3v) is 14.5. The Morgan fingerprint density at radius 2 is 1.52 bits per heavy atom. The van der Waals surface area contributed by atoms with Crippen molar-refractivity contribution in [3.05, 3.63) is 0 Å². The van der Waals surface area contributed by atoms with Gasteiger partial charge < -0.3 is 19.9 Å². The quantitative estimate of drug-likeness (QED) is 0.282. The Bertz CT molecular complexity index is 1200. The molecule has 0 aromatic carbocycles. The van der Waals surface area contributed by atoms with E-state index in [4.69, 9.17) is 4.74 Å². The number of esters is 1. The molecule has 9 nitrogen and oxygen atoms in total. The van der Waals surface area contributed by atoms with Crippen molar-refractivity contribution in [3.8, 4) is 0 Å². The normalized spacial score (nSPS) is 42.4. The molecule has 5 fully saturated rings. The van der Waals surface area contributed by atoms with Crippen LogP contribution in [0, 0.1) is 50.7 Å². The van der Waals surface area contributed by atoms with E-state index < -0.39 is 29.5 Å². The fraction of sp³-hybridized carbons (Fsp3) is 0.886. The molecule has 0 aliphatic heterocycles. The van der Waals surface area contributed by atoms with Gasteiger partial charge in [0, 0.05) is 11.0 Å². The molecular formula is C35H56N2O7. The molecule has 0 saturated heterocycles. The van der Waals surface area contributed by atoms with Gasteiger partial charge in [0.2, 0.25) is 0 Å². The number of amides is 3. The van der Waals surface area contributed by atoms with Gasteiger partial charge in [-0.15, -0.1) is 0 Å². The van der Waals surface area contributed by atoms with Crippen molar-refractivity contribution in [2.45, 2.75) is 137 Å². The standard InChI is InChI=1S/C35H56N2O7/c1-30(2,27(39)40)20-26(38)44-25-14-16-32(5)23(31(25,3)4)13-17-34(7)24(32)12-11-21-22-10-9-15-35(22,19-18-33(21,34)6)37-28(41)36-29(42)43-8/h21-25H,9-20H2,1-8H3,(H,39,40)(H2,36,37,41,42)/t21?,22?,23?,24?,25?,32?,33-,34?,35?/m1/s1. The van der Waals surface area contributed by atoms with E-state index in [0.29, 0.717) is 23.7 Å². The Balaban J connectivity index is 1.35. The van der Waals surface area contributed by atoms with Crippen molar-refractivity contribution in [1.82, 2.24) is 10.6 Å². The van der Waals surface area contributed by atoms with E-state index in [1.165, 1.54) is 7.11 Å². The van der Waals surface area contributed by atoms with Crippen LogP contribution < -0.4 is 10.6 Å². The van der Waals surface area contributed by atoms with Gasteiger partial charge in [-0.3, -0.25) is 9.59 Å². The van der Waals surface area contributed by atoms with Crippen LogP contribution in [-0.2, 0) is 19.1 Å². The topological polar surface area (TPSA) is 131 Å². The summed E-state index contributed by atoms with van der Waals surface area (Å²) in [5.74, 6) is 0.477. The van der Waals surface area contributed by atoms with Gasteiger partial charge in [0.05, 0.1) is 18.9 Å². The Labute approximate surface area is 263 Å². The minimum Gasteiger partial charge on any atom is -0.481 e. The first-order valence-corrected chi connectivity index (χ1v) is 17.0. The summed E-state index contributed by atoms with van der Waals surface area (Å²) in [6, 6.07) is -0.452. The van der Waals surface area contributed by atoms with Crippen LogP contribution in [0.3, 0.4) is 0 Å². The average Bonchev–Trinajstić information content (AvgIpc) is 3.33. The van der Waals surface area contributed by atoms with Gasteiger partial charge in [0.1, 0.15) is 6.10 Å². The molecule has 0 heterocycles. The first-order valence-electron chi connectivity index (χ1n) is 17.0. The van der Waals surface area contributed by atoms with Crippen LogP contribution in [0.4, 0.5) is 9.59 Å². The van der Waals surface area contributed by atoms with Gasteiger partial charge in [-0.1, -0.05) is 41.0 Å². The van der Waals surface area contributed by atoms with Crippen molar-refractivity contribution >= 4 is 24.1 Å². The van der Waals surface area contributed by atoms with E-state index in [2.05, 4.69) is 50.0 Å². The molecule has 0 spiro atoms. The largest absolute Gasteiger partial charge is 0.481 e. The summed E-state index contributed by atoms with van der Waals surface area (Å²) in [7, 11) is 1.27. The Hall–Kier alpha value is -2.32. The lowest BCUT2D eigenvalue weighted by Gasteiger charge is -2.72. The van der Waals surface area contributed by atoms with Gasteiger partial charge in [-0.05, 0) is 118 Å². The number of fused-ring (bicyclic) bond motifs is 7. The third kappa shape index (κ3) is 4.94. The third-order valence-electron chi connectivity index (χ3n) is 14.5. The van der Waals surface area contributed by atoms with Gasteiger partial charge in [0.25, 0.3) is 0 Å². The maximum Gasteiger partial charge on any atom is 0.415 e. The molecule has 8 unspecified atom stereocenters. The van der Waals surface area contributed by atoms with Crippen molar-refractivity contribution in [2.75, 3.05) is 7.11 Å². The molecule has 5 aliphatic carbocycles. The minimum absolute atomic E-state index is 0.122. The molecule has 3 amide bonds. The number of methoxy groups -OCH3 is 1. The molecule has 5 saturated carbocycles. The van der Waals surface area contributed by atoms with E-state index in [1.807, 2.05) is 0 Å². The summed E-state index contributed by atoms with van der Waals surface area (Å²) in [6.45, 7) is 15.3. The number of urea groups is 1. The van der Waals surface area contributed by atoms with Crippen LogP contribution in [0.5, 0.6) is 0 Å². The molecule has 0 bridgehead atoms. The number of carboxylic acids is 1. The lowest BCUT2D eigenvalue weighted by Crippen LogP contribution is -2.69. The van der Waals surface area contributed by atoms with Crippen LogP contribution in [0.25, 0.3) is 0 Å². The van der Waals surface area contributed by atoms with Crippen molar-refractivity contribution in [2.24, 2.45) is 50.7 Å². The maximum absolute atomic E-state index is 13.0. The number of aliphatic carboxylic acids is 1. The Kier molecular flexibility index (Phi) is 8.18. The van der Waals surface area contributed by atoms with Crippen LogP contribution in [0.1, 0.15) is 126 Å². The molecule has 0 radical (unpaired) electrons. The molecular weight excluding hydrogens is 560 g/mol. The molecule has 0 aromatic rings. The van der Waals surface area contributed by atoms with Crippen molar-refractivity contribution in [1.29, 1.82) is 0 Å². The Morgan fingerprint density at radius 3 is 2.18 bits per heavy atom. The molecule has 9 atom stereocenters. The molecule has 248 valence electrons. The highest BCUT2D eigenvalue weighted by atomic mass is 16.5. The van der Waals surface area contributed by atoms with Gasteiger partial charge in [-0.25, -0.2) is 14.9 Å². The van der Waals surface area contributed by atoms with E-state index >= 15 is 0 Å². The highest BCUT2D eigenvalue weighted by Crippen LogP contribution is 2.76. The maximum atomic E-state index is 13.0. The number of carbonyl (C=O) groups excluding carboxylic acids is 3. The molecule has 9 heteroatoms. The molecule has 3 N–H and O–H groups in total. The van der Waals surface area contributed by atoms with Crippen molar-refractivity contribution < 1.29 is 33.8 Å². The number of rotatable bonds is 5. The lowest BCUT2D eigenvalue weighted by molar-refractivity contribution is -0.244. The van der Waals surface area contributed by atoms with E-state index in [9.17, 15) is 24.3 Å². The number of ether oxygens (including phenoxy) is 2. The number of carboxylic acid groups (broad SMARTS) is 1. The van der Waals surface area contributed by atoms with Gasteiger partial charge in [0.15, 0.2) is 0 Å². The number of hydrogen-bond donors (Lipinski definition) is 3. The lowest BCUT2D eigenvalue weighted by atomic mass is 9.33. The Morgan fingerprint density at radius 1 is 0.818 bits per heavy atom. The second kappa shape index (κ2) is 10.9. The van der Waals surface area contributed by atoms with E-state index in [1.54, 1.807) is 13.8 Å². The predicted octanol–water partition coefficient (Wildman–Crippen LogP) is 7.07. The average molecular weight is 617 g/mol. The predicted molar refractivity (Wildman–Crippen MR) is 166 cm³/mol. The number of imide groups is 1. The summed E-state index contributed by atoms with van der Waals surface area (Å²) in [5.41, 5.74) is -1.20. The fourth-order valence-electron chi connectivity index (χ4n) is 12.0. The van der Waals surface area contributed by atoms with Gasteiger partial charge >= 0.3 is 24.1 Å². The number of carbonyl (C=O) groups is 4. The number of alkyl carbamates (subject to hydrolysis) is 1. The summed E-state index contributed by atoms with van der Waals surface area (Å²) in [5, 5.41) is 15.1. The zero-order valence-electron chi connectivity index (χ0n) is 28.3. The monoisotopic (exact) mass is 616 g/mol. The van der Waals surface area contributed by atoms with Gasteiger partial charge in [-0.2, -0.15) is 0 Å². The summed E-state index contributed by atoms with van der Waals surface area (Å²) < 4.78 is 10.8. The molecule has 5 rings (SSSR count). The fourth-order valence-corrected chi connectivity index (χ4v) is 12.0. The molecule has 5 aliphatic rings. The molecule has 0 aromatic heterocycles. The number of nitrogens with one attached hydrogen (secondary N) is 2.